The van der Waals surface area contributed by atoms with E-state index in [9.17, 15) is 18.4 Å². The summed E-state index contributed by atoms with van der Waals surface area (Å²) in [5, 5.41) is 3.17. The quantitative estimate of drug-likeness (QED) is 0.541. The topological polar surface area (TPSA) is 84.1 Å². The number of alkyl halides is 2. The number of nitrogens with zero attached hydrogens (tertiary/aromatic N) is 1. The second-order valence-corrected chi connectivity index (χ2v) is 6.20. The van der Waals surface area contributed by atoms with Gasteiger partial charge in [-0.05, 0) is 25.7 Å². The summed E-state index contributed by atoms with van der Waals surface area (Å²) in [6, 6.07) is 6.25. The molecule has 140 valence electrons. The second kappa shape index (κ2) is 9.33. The average Bonchev–Trinajstić information content (AvgIpc) is 2.59. The van der Waals surface area contributed by atoms with E-state index in [-0.39, 0.29) is 36.6 Å². The first-order chi connectivity index (χ1) is 12.4. The lowest BCUT2D eigenvalue weighted by Crippen LogP contribution is -2.25. The Kier molecular flexibility index (Phi) is 7.14. The summed E-state index contributed by atoms with van der Waals surface area (Å²) in [7, 11) is 0. The highest BCUT2D eigenvalue weighted by Gasteiger charge is 2.12. The number of ether oxygens (including phenoxy) is 1. The summed E-state index contributed by atoms with van der Waals surface area (Å²) < 4.78 is 29.2. The fourth-order valence-electron chi connectivity index (χ4n) is 2.36. The fourth-order valence-corrected chi connectivity index (χ4v) is 2.78. The maximum Gasteiger partial charge on any atom is 0.387 e. The van der Waals surface area contributed by atoms with E-state index in [2.05, 4.69) is 20.0 Å². The number of carbonyl (C=O) groups is 1. The minimum Gasteiger partial charge on any atom is -0.434 e. The third-order valence-corrected chi connectivity index (χ3v) is 4.24. The summed E-state index contributed by atoms with van der Waals surface area (Å²) in [4.78, 5) is 31.0. The van der Waals surface area contributed by atoms with Crippen LogP contribution in [0, 0.1) is 6.92 Å². The van der Waals surface area contributed by atoms with Gasteiger partial charge in [0.1, 0.15) is 5.75 Å². The van der Waals surface area contributed by atoms with Gasteiger partial charge in [0.25, 0.3) is 5.56 Å². The molecule has 0 unspecified atom stereocenters. The number of hydrogen-bond donors (Lipinski definition) is 2. The number of halogens is 2. The van der Waals surface area contributed by atoms with Gasteiger partial charge in [-0.1, -0.05) is 30.0 Å². The molecule has 1 heterocycles. The number of nitrogens with one attached hydrogen (secondary N) is 2. The monoisotopic (exact) mass is 383 g/mol. The Morgan fingerprint density at radius 2 is 2.12 bits per heavy atom. The predicted octanol–water partition coefficient (Wildman–Crippen LogP) is 2.65. The summed E-state index contributed by atoms with van der Waals surface area (Å²) in [5.41, 5.74) is 1.23. The maximum atomic E-state index is 12.4. The lowest BCUT2D eigenvalue weighted by atomic mass is 10.1. The van der Waals surface area contributed by atoms with E-state index in [1.807, 2.05) is 0 Å². The van der Waals surface area contributed by atoms with Crippen LogP contribution in [-0.2, 0) is 17.8 Å². The molecule has 2 N–H and O–H groups in total. The Bertz CT molecular complexity index is 827. The first-order valence-corrected chi connectivity index (χ1v) is 9.06. The van der Waals surface area contributed by atoms with Crippen molar-refractivity contribution in [1.82, 2.24) is 15.3 Å². The van der Waals surface area contributed by atoms with Gasteiger partial charge in [-0.15, -0.1) is 0 Å². The van der Waals surface area contributed by atoms with Gasteiger partial charge >= 0.3 is 6.61 Å². The Morgan fingerprint density at radius 3 is 2.77 bits per heavy atom. The summed E-state index contributed by atoms with van der Waals surface area (Å²) in [6.07, 6.45) is 2.13. The minimum atomic E-state index is -2.93. The number of hydrogen-bond acceptors (Lipinski definition) is 5. The van der Waals surface area contributed by atoms with Crippen LogP contribution in [0.1, 0.15) is 23.2 Å². The molecule has 0 saturated heterocycles. The van der Waals surface area contributed by atoms with Gasteiger partial charge in [-0.25, -0.2) is 4.98 Å². The number of rotatable bonds is 8. The molecule has 0 aliphatic rings. The van der Waals surface area contributed by atoms with Crippen LogP contribution >= 0.6 is 11.8 Å². The molecule has 9 heteroatoms. The number of aromatic amines is 1. The molecule has 26 heavy (non-hydrogen) atoms. The largest absolute Gasteiger partial charge is 0.434 e. The van der Waals surface area contributed by atoms with Crippen molar-refractivity contribution in [2.24, 2.45) is 0 Å². The predicted molar refractivity (Wildman–Crippen MR) is 94.6 cm³/mol. The highest BCUT2D eigenvalue weighted by molar-refractivity contribution is 7.98. The molecule has 1 aromatic heterocycles. The van der Waals surface area contributed by atoms with E-state index in [1.165, 1.54) is 17.8 Å². The van der Waals surface area contributed by atoms with Crippen molar-refractivity contribution in [1.29, 1.82) is 0 Å². The number of amides is 1. The zero-order chi connectivity index (χ0) is 19.1. The van der Waals surface area contributed by atoms with Crippen molar-refractivity contribution >= 4 is 17.7 Å². The zero-order valence-electron chi connectivity index (χ0n) is 14.3. The van der Waals surface area contributed by atoms with Crippen LogP contribution in [0.15, 0.2) is 34.2 Å². The second-order valence-electron chi connectivity index (χ2n) is 5.40. The Labute approximate surface area is 153 Å². The van der Waals surface area contributed by atoms with Crippen molar-refractivity contribution in [3.05, 3.63) is 51.4 Å². The van der Waals surface area contributed by atoms with E-state index in [4.69, 9.17) is 0 Å². The fraction of sp³-hybridized carbons (Fsp3) is 0.353. The third kappa shape index (κ3) is 5.55. The lowest BCUT2D eigenvalue weighted by Gasteiger charge is -2.11. The Morgan fingerprint density at radius 1 is 1.38 bits per heavy atom. The van der Waals surface area contributed by atoms with Crippen LogP contribution < -0.4 is 15.6 Å². The van der Waals surface area contributed by atoms with Gasteiger partial charge in [-0.2, -0.15) is 8.78 Å². The molecule has 0 spiro atoms. The molecule has 1 amide bonds. The molecule has 0 radical (unpaired) electrons. The molecular formula is C17H19F2N3O3S. The number of thioether (sulfide) groups is 1. The van der Waals surface area contributed by atoms with Crippen LogP contribution in [0.5, 0.6) is 5.75 Å². The molecule has 2 rings (SSSR count). The van der Waals surface area contributed by atoms with E-state index < -0.39 is 6.61 Å². The van der Waals surface area contributed by atoms with Gasteiger partial charge in [0.2, 0.25) is 5.91 Å². The van der Waals surface area contributed by atoms with E-state index in [0.29, 0.717) is 22.0 Å². The van der Waals surface area contributed by atoms with E-state index >= 15 is 0 Å². The SMILES string of the molecule is CSc1nc(C)c(CCC(=O)NCc2ccccc2OC(F)F)c(=O)[nH]1. The van der Waals surface area contributed by atoms with E-state index in [0.717, 1.165) is 0 Å². The number of H-pyrrole nitrogens is 1. The normalized spacial score (nSPS) is 10.8. The van der Waals surface area contributed by atoms with Crippen LogP contribution in [0.25, 0.3) is 0 Å². The molecule has 0 saturated carbocycles. The van der Waals surface area contributed by atoms with Gasteiger partial charge in [0.15, 0.2) is 5.16 Å². The molecule has 2 aromatic rings. The zero-order valence-corrected chi connectivity index (χ0v) is 15.2. The minimum absolute atomic E-state index is 0.0203. The van der Waals surface area contributed by atoms with Crippen molar-refractivity contribution < 1.29 is 18.3 Å². The van der Waals surface area contributed by atoms with Crippen molar-refractivity contribution in [3.8, 4) is 5.75 Å². The van der Waals surface area contributed by atoms with Crippen molar-refractivity contribution in [2.75, 3.05) is 6.26 Å². The molecule has 0 fully saturated rings. The van der Waals surface area contributed by atoms with Crippen LogP contribution in [-0.4, -0.2) is 28.7 Å². The lowest BCUT2D eigenvalue weighted by molar-refractivity contribution is -0.121. The summed E-state index contributed by atoms with van der Waals surface area (Å²) in [6.45, 7) is -1.15. The van der Waals surface area contributed by atoms with Crippen LogP contribution in [0.4, 0.5) is 8.78 Å². The molecule has 6 nitrogen and oxygen atoms in total. The molecule has 0 atom stereocenters. The Hall–Kier alpha value is -2.42. The van der Waals surface area contributed by atoms with Crippen LogP contribution in [0.2, 0.25) is 0 Å². The first kappa shape index (κ1) is 19.9. The van der Waals surface area contributed by atoms with Gasteiger partial charge in [-0.3, -0.25) is 9.59 Å². The highest BCUT2D eigenvalue weighted by Crippen LogP contribution is 2.20. The molecular weight excluding hydrogens is 364 g/mol. The van der Waals surface area contributed by atoms with Crippen molar-refractivity contribution in [3.63, 3.8) is 0 Å². The summed E-state index contributed by atoms with van der Waals surface area (Å²) in [5.74, 6) is -0.281. The maximum absolute atomic E-state index is 12.4. The third-order valence-electron chi connectivity index (χ3n) is 3.66. The smallest absolute Gasteiger partial charge is 0.387 e. The van der Waals surface area contributed by atoms with Gasteiger partial charge < -0.3 is 15.0 Å². The molecule has 1 aromatic carbocycles. The molecule has 0 aliphatic carbocycles. The summed E-state index contributed by atoms with van der Waals surface area (Å²) >= 11 is 1.33. The first-order valence-electron chi connectivity index (χ1n) is 7.84. The highest BCUT2D eigenvalue weighted by atomic mass is 32.2. The number of aromatic nitrogens is 2. The number of para-hydroxylation sites is 1. The average molecular weight is 383 g/mol. The number of aryl methyl sites for hydroxylation is 1. The van der Waals surface area contributed by atoms with Crippen LogP contribution in [0.3, 0.4) is 0 Å². The van der Waals surface area contributed by atoms with E-state index in [1.54, 1.807) is 31.4 Å². The Balaban J connectivity index is 1.94. The van der Waals surface area contributed by atoms with Gasteiger partial charge in [0.05, 0.1) is 0 Å². The van der Waals surface area contributed by atoms with Crippen molar-refractivity contribution in [2.45, 2.75) is 38.1 Å². The number of benzene rings is 1. The van der Waals surface area contributed by atoms with Gasteiger partial charge in [0, 0.05) is 29.8 Å². The molecule has 0 aliphatic heterocycles. The molecule has 0 bridgehead atoms. The number of carbonyl (C=O) groups excluding carboxylic acids is 1. The standard InChI is InChI=1S/C17H19F2N3O3S/c1-10-12(15(24)22-17(21-10)26-2)7-8-14(23)20-9-11-5-3-4-6-13(11)25-16(18)19/h3-6,16H,7-9H2,1-2H3,(H,20,23)(H,21,22,24).